The fourth-order valence-corrected chi connectivity index (χ4v) is 2.85. The molecule has 0 radical (unpaired) electrons. The highest BCUT2D eigenvalue weighted by atomic mass is 35.5. The van der Waals surface area contributed by atoms with Gasteiger partial charge in [0.15, 0.2) is 0 Å². The van der Waals surface area contributed by atoms with Gasteiger partial charge in [0.05, 0.1) is 5.69 Å². The lowest BCUT2D eigenvalue weighted by molar-refractivity contribution is 0.204. The first-order chi connectivity index (χ1) is 8.31. The third-order valence-electron chi connectivity index (χ3n) is 3.65. The molecule has 0 N–H and O–H groups in total. The molecule has 0 saturated carbocycles. The molecule has 1 fully saturated rings. The van der Waals surface area contributed by atoms with Gasteiger partial charge in [-0.2, -0.15) is 0 Å². The Hall–Kier alpha value is -0.600. The number of aromatic nitrogens is 1. The highest BCUT2D eigenvalue weighted by Crippen LogP contribution is 2.20. The van der Waals surface area contributed by atoms with Crippen molar-refractivity contribution in [3.05, 3.63) is 29.6 Å². The van der Waals surface area contributed by atoms with E-state index in [-0.39, 0.29) is 0 Å². The van der Waals surface area contributed by atoms with E-state index >= 15 is 0 Å². The molecular weight excluding hydrogens is 232 g/mol. The Labute approximate surface area is 109 Å². The number of alkyl halides is 1. The molecule has 1 unspecified atom stereocenters. The van der Waals surface area contributed by atoms with E-state index in [1.54, 1.807) is 0 Å². The average Bonchev–Trinajstić information content (AvgIpc) is 2.57. The smallest absolute Gasteiger partial charge is 0.0573 e. The molecule has 17 heavy (non-hydrogen) atoms. The van der Waals surface area contributed by atoms with E-state index in [1.165, 1.54) is 36.9 Å². The number of pyridine rings is 1. The number of rotatable bonds is 3. The zero-order valence-electron chi connectivity index (χ0n) is 10.5. The maximum atomic E-state index is 6.09. The van der Waals surface area contributed by atoms with Crippen LogP contribution in [0.2, 0.25) is 0 Å². The van der Waals surface area contributed by atoms with Crippen LogP contribution in [0.25, 0.3) is 0 Å². The van der Waals surface area contributed by atoms with Gasteiger partial charge in [-0.15, -0.1) is 11.6 Å². The molecule has 1 aromatic rings. The molecule has 3 heteroatoms. The lowest BCUT2D eigenvalue weighted by Gasteiger charge is -2.28. The van der Waals surface area contributed by atoms with Gasteiger partial charge in [0.1, 0.15) is 0 Å². The molecule has 0 spiro atoms. The summed E-state index contributed by atoms with van der Waals surface area (Å²) in [5.41, 5.74) is 2.48. The molecule has 0 aliphatic carbocycles. The first-order valence-corrected chi connectivity index (χ1v) is 7.05. The van der Waals surface area contributed by atoms with Gasteiger partial charge in [0.2, 0.25) is 0 Å². The molecular formula is C14H21ClN2. The average molecular weight is 253 g/mol. The fourth-order valence-electron chi connectivity index (χ4n) is 2.50. The number of hydrogen-bond acceptors (Lipinski definition) is 2. The zero-order chi connectivity index (χ0) is 12.1. The summed E-state index contributed by atoms with van der Waals surface area (Å²) in [6.07, 6.45) is 7.06. The molecule has 1 saturated heterocycles. The lowest BCUT2D eigenvalue weighted by atomic mass is 10.1. The highest BCUT2D eigenvalue weighted by molar-refractivity contribution is 6.18. The lowest BCUT2D eigenvalue weighted by Crippen LogP contribution is -2.36. The van der Waals surface area contributed by atoms with Crippen molar-refractivity contribution in [2.75, 3.05) is 12.4 Å². The third kappa shape index (κ3) is 3.43. The summed E-state index contributed by atoms with van der Waals surface area (Å²) in [5.74, 6) is 0.742. The molecule has 0 aromatic carbocycles. The van der Waals surface area contributed by atoms with Crippen molar-refractivity contribution in [3.63, 3.8) is 0 Å². The molecule has 94 valence electrons. The third-order valence-corrected chi connectivity index (χ3v) is 4.00. The molecule has 0 bridgehead atoms. The highest BCUT2D eigenvalue weighted by Gasteiger charge is 2.20. The minimum Gasteiger partial charge on any atom is -0.293 e. The summed E-state index contributed by atoms with van der Waals surface area (Å²) in [5, 5.41) is 0. The van der Waals surface area contributed by atoms with Crippen LogP contribution < -0.4 is 0 Å². The van der Waals surface area contributed by atoms with Crippen LogP contribution in [0.15, 0.2) is 18.3 Å². The van der Waals surface area contributed by atoms with Gasteiger partial charge in [0, 0.05) is 24.7 Å². The van der Waals surface area contributed by atoms with Crippen LogP contribution in [0.5, 0.6) is 0 Å². The van der Waals surface area contributed by atoms with Crippen LogP contribution in [0.1, 0.15) is 36.9 Å². The van der Waals surface area contributed by atoms with Crippen molar-refractivity contribution in [1.29, 1.82) is 0 Å². The number of hydrogen-bond donors (Lipinski definition) is 0. The minimum atomic E-state index is 0.528. The molecule has 2 heterocycles. The molecule has 1 aliphatic rings. The second-order valence-corrected chi connectivity index (χ2v) is 5.20. The first kappa shape index (κ1) is 12.8. The summed E-state index contributed by atoms with van der Waals surface area (Å²) < 4.78 is 0. The quantitative estimate of drug-likeness (QED) is 0.767. The molecule has 2 rings (SSSR count). The second kappa shape index (κ2) is 6.36. The van der Waals surface area contributed by atoms with E-state index < -0.39 is 0 Å². The minimum absolute atomic E-state index is 0.528. The van der Waals surface area contributed by atoms with Crippen LogP contribution in [0.3, 0.4) is 0 Å². The predicted molar refractivity (Wildman–Crippen MR) is 72.4 cm³/mol. The summed E-state index contributed by atoms with van der Waals surface area (Å²) in [4.78, 5) is 7.00. The van der Waals surface area contributed by atoms with Crippen LogP contribution in [-0.4, -0.2) is 28.4 Å². The van der Waals surface area contributed by atoms with E-state index in [0.29, 0.717) is 6.04 Å². The molecule has 1 aliphatic heterocycles. The van der Waals surface area contributed by atoms with Crippen molar-refractivity contribution in [3.8, 4) is 0 Å². The van der Waals surface area contributed by atoms with E-state index in [4.69, 9.17) is 11.6 Å². The van der Waals surface area contributed by atoms with E-state index in [9.17, 15) is 0 Å². The van der Waals surface area contributed by atoms with Crippen molar-refractivity contribution in [2.24, 2.45) is 0 Å². The standard InChI is InChI=1S/C14H21ClN2/c1-12-6-5-8-16-14(12)11-17-9-4-2-3-7-13(17)10-15/h5-6,8,13H,2-4,7,9-11H2,1H3. The Kier molecular flexibility index (Phi) is 4.81. The van der Waals surface area contributed by atoms with Crippen molar-refractivity contribution < 1.29 is 0 Å². The van der Waals surface area contributed by atoms with Gasteiger partial charge in [-0.3, -0.25) is 9.88 Å². The van der Waals surface area contributed by atoms with E-state index in [0.717, 1.165) is 19.0 Å². The van der Waals surface area contributed by atoms with Crippen LogP contribution in [-0.2, 0) is 6.54 Å². The maximum Gasteiger partial charge on any atom is 0.0573 e. The molecule has 1 aromatic heterocycles. The second-order valence-electron chi connectivity index (χ2n) is 4.89. The molecule has 1 atom stereocenters. The molecule has 2 nitrogen and oxygen atoms in total. The largest absolute Gasteiger partial charge is 0.293 e. The van der Waals surface area contributed by atoms with Crippen LogP contribution >= 0.6 is 11.6 Å². The van der Waals surface area contributed by atoms with Crippen LogP contribution in [0, 0.1) is 6.92 Å². The SMILES string of the molecule is Cc1cccnc1CN1CCCCCC1CCl. The van der Waals surface area contributed by atoms with Gasteiger partial charge in [0.25, 0.3) is 0 Å². The Morgan fingerprint density at radius 1 is 1.41 bits per heavy atom. The maximum absolute atomic E-state index is 6.09. The topological polar surface area (TPSA) is 16.1 Å². The van der Waals surface area contributed by atoms with Gasteiger partial charge in [-0.05, 0) is 37.9 Å². The monoisotopic (exact) mass is 252 g/mol. The van der Waals surface area contributed by atoms with Crippen molar-refractivity contribution >= 4 is 11.6 Å². The fraction of sp³-hybridized carbons (Fsp3) is 0.643. The Bertz CT molecular complexity index is 354. The first-order valence-electron chi connectivity index (χ1n) is 6.52. The Morgan fingerprint density at radius 3 is 3.06 bits per heavy atom. The van der Waals surface area contributed by atoms with Gasteiger partial charge in [-0.25, -0.2) is 0 Å². The number of likely N-dealkylation sites (tertiary alicyclic amines) is 1. The normalized spacial score (nSPS) is 22.4. The Morgan fingerprint density at radius 2 is 2.29 bits per heavy atom. The van der Waals surface area contributed by atoms with Crippen LogP contribution in [0.4, 0.5) is 0 Å². The van der Waals surface area contributed by atoms with E-state index in [2.05, 4.69) is 22.9 Å². The number of halogens is 1. The van der Waals surface area contributed by atoms with Gasteiger partial charge in [-0.1, -0.05) is 18.9 Å². The van der Waals surface area contributed by atoms with E-state index in [1.807, 2.05) is 12.3 Å². The predicted octanol–water partition coefficient (Wildman–Crippen LogP) is 3.37. The molecule has 0 amide bonds. The van der Waals surface area contributed by atoms with Gasteiger partial charge < -0.3 is 0 Å². The summed E-state index contributed by atoms with van der Waals surface area (Å²) in [7, 11) is 0. The number of aryl methyl sites for hydroxylation is 1. The van der Waals surface area contributed by atoms with Crippen molar-refractivity contribution in [2.45, 2.75) is 45.2 Å². The summed E-state index contributed by atoms with van der Waals surface area (Å²) >= 11 is 6.09. The number of nitrogens with zero attached hydrogens (tertiary/aromatic N) is 2. The van der Waals surface area contributed by atoms with Crippen molar-refractivity contribution in [1.82, 2.24) is 9.88 Å². The Balaban J connectivity index is 2.07. The summed E-state index contributed by atoms with van der Waals surface area (Å²) in [6.45, 7) is 4.24. The summed E-state index contributed by atoms with van der Waals surface area (Å²) in [6, 6.07) is 4.66. The van der Waals surface area contributed by atoms with Gasteiger partial charge >= 0.3 is 0 Å². The zero-order valence-corrected chi connectivity index (χ0v) is 11.3.